The highest BCUT2D eigenvalue weighted by molar-refractivity contribution is 5.94. The summed E-state index contributed by atoms with van der Waals surface area (Å²) < 4.78 is 11.1. The minimum absolute atomic E-state index is 0.0349. The van der Waals surface area contributed by atoms with Crippen LogP contribution >= 0.6 is 0 Å². The van der Waals surface area contributed by atoms with Gasteiger partial charge in [0, 0.05) is 23.2 Å². The summed E-state index contributed by atoms with van der Waals surface area (Å²) in [6, 6.07) is 23.0. The Morgan fingerprint density at radius 3 is 2.00 bits per heavy atom. The van der Waals surface area contributed by atoms with E-state index < -0.39 is 0 Å². The van der Waals surface area contributed by atoms with Gasteiger partial charge in [-0.15, -0.1) is 10.2 Å². The topological polar surface area (TPSA) is 80.5 Å². The number of amides is 1. The molecule has 1 atom stereocenters. The quantitative estimate of drug-likeness (QED) is 0.412. The van der Waals surface area contributed by atoms with Crippen LogP contribution in [-0.4, -0.2) is 48.8 Å². The summed E-state index contributed by atoms with van der Waals surface area (Å²) in [7, 11) is 5.63. The molecular weight excluding hydrogens is 428 g/mol. The van der Waals surface area contributed by atoms with Gasteiger partial charge in [0.2, 0.25) is 11.8 Å². The molecule has 0 fully saturated rings. The van der Waals surface area contributed by atoms with Crippen molar-refractivity contribution in [3.8, 4) is 28.7 Å². The molecule has 0 saturated carbocycles. The molecule has 34 heavy (non-hydrogen) atoms. The fourth-order valence-electron chi connectivity index (χ4n) is 3.63. The number of methoxy groups -OCH3 is 1. The summed E-state index contributed by atoms with van der Waals surface area (Å²) in [5.74, 6) is 1.54. The van der Waals surface area contributed by atoms with Crippen LogP contribution in [0.1, 0.15) is 27.5 Å². The molecule has 174 valence electrons. The summed E-state index contributed by atoms with van der Waals surface area (Å²) in [6.45, 7) is 2.50. The number of hydrogen-bond acceptors (Lipinski definition) is 6. The van der Waals surface area contributed by atoms with Gasteiger partial charge in [0.1, 0.15) is 5.75 Å². The van der Waals surface area contributed by atoms with E-state index in [-0.39, 0.29) is 11.9 Å². The van der Waals surface area contributed by atoms with Gasteiger partial charge < -0.3 is 19.4 Å². The van der Waals surface area contributed by atoms with Crippen molar-refractivity contribution in [2.24, 2.45) is 0 Å². The molecule has 1 unspecified atom stereocenters. The fourth-order valence-corrected chi connectivity index (χ4v) is 3.63. The molecule has 0 aliphatic heterocycles. The lowest BCUT2D eigenvalue weighted by atomic mass is 10.1. The number of ether oxygens (including phenoxy) is 1. The van der Waals surface area contributed by atoms with Crippen LogP contribution < -0.4 is 10.1 Å². The van der Waals surface area contributed by atoms with Crippen LogP contribution in [0.2, 0.25) is 0 Å². The minimum Gasteiger partial charge on any atom is -0.497 e. The van der Waals surface area contributed by atoms with E-state index in [1.807, 2.05) is 81.7 Å². The lowest BCUT2D eigenvalue weighted by Crippen LogP contribution is -2.34. The van der Waals surface area contributed by atoms with Gasteiger partial charge in [-0.05, 0) is 75.1 Å². The number of rotatable bonds is 8. The van der Waals surface area contributed by atoms with E-state index in [9.17, 15) is 4.79 Å². The van der Waals surface area contributed by atoms with Gasteiger partial charge in [-0.25, -0.2) is 0 Å². The molecule has 0 aliphatic carbocycles. The Balaban J connectivity index is 1.41. The molecule has 4 rings (SSSR count). The molecule has 3 aromatic carbocycles. The van der Waals surface area contributed by atoms with Crippen molar-refractivity contribution in [3.63, 3.8) is 0 Å². The van der Waals surface area contributed by atoms with Gasteiger partial charge in [-0.2, -0.15) is 0 Å². The molecule has 0 aliphatic rings. The Hall–Kier alpha value is -3.97. The normalized spacial score (nSPS) is 11.9. The predicted octanol–water partition coefficient (Wildman–Crippen LogP) is 4.75. The molecule has 0 radical (unpaired) electrons. The van der Waals surface area contributed by atoms with E-state index in [1.54, 1.807) is 19.2 Å². The Kier molecular flexibility index (Phi) is 7.04. The van der Waals surface area contributed by atoms with Gasteiger partial charge in [-0.1, -0.05) is 29.8 Å². The number of benzene rings is 3. The molecule has 1 N–H and O–H groups in total. The fraction of sp³-hybridized carbons (Fsp3) is 0.222. The van der Waals surface area contributed by atoms with Crippen LogP contribution in [-0.2, 0) is 0 Å². The van der Waals surface area contributed by atoms with Gasteiger partial charge in [0.25, 0.3) is 5.91 Å². The standard InChI is InChI=1S/C27H28N4O3/c1-18-5-7-21(8-6-18)26-29-30-27(34-26)22-11-9-20(10-12-22)25(32)28-17-24(31(2)3)19-13-15-23(33-4)16-14-19/h5-16,24H,17H2,1-4H3,(H,28,32). The third-order valence-corrected chi connectivity index (χ3v) is 5.70. The lowest BCUT2D eigenvalue weighted by molar-refractivity contribution is 0.0942. The SMILES string of the molecule is COc1ccc(C(CNC(=O)c2ccc(-c3nnc(-c4ccc(C)cc4)o3)cc2)N(C)C)cc1. The molecule has 4 aromatic rings. The maximum absolute atomic E-state index is 12.8. The highest BCUT2D eigenvalue weighted by atomic mass is 16.5. The maximum atomic E-state index is 12.8. The number of likely N-dealkylation sites (N-methyl/N-ethyl adjacent to an activating group) is 1. The first-order valence-corrected chi connectivity index (χ1v) is 11.0. The zero-order valence-electron chi connectivity index (χ0n) is 19.8. The zero-order chi connectivity index (χ0) is 24.1. The van der Waals surface area contributed by atoms with E-state index in [1.165, 1.54) is 5.56 Å². The summed E-state index contributed by atoms with van der Waals surface area (Å²) in [5.41, 5.74) is 4.45. The highest BCUT2D eigenvalue weighted by Gasteiger charge is 2.17. The highest BCUT2D eigenvalue weighted by Crippen LogP contribution is 2.25. The predicted molar refractivity (Wildman–Crippen MR) is 132 cm³/mol. The molecule has 0 saturated heterocycles. The van der Waals surface area contributed by atoms with E-state index >= 15 is 0 Å². The number of nitrogens with one attached hydrogen (secondary N) is 1. The number of hydrogen-bond donors (Lipinski definition) is 1. The Labute approximate surface area is 199 Å². The second-order valence-corrected chi connectivity index (χ2v) is 8.32. The van der Waals surface area contributed by atoms with E-state index in [0.717, 1.165) is 22.4 Å². The van der Waals surface area contributed by atoms with Gasteiger partial charge in [-0.3, -0.25) is 4.79 Å². The Morgan fingerprint density at radius 1 is 0.912 bits per heavy atom. The molecule has 0 spiro atoms. The van der Waals surface area contributed by atoms with Crippen LogP contribution in [0.4, 0.5) is 0 Å². The van der Waals surface area contributed by atoms with Crippen LogP contribution in [0, 0.1) is 6.92 Å². The summed E-state index contributed by atoms with van der Waals surface area (Å²) in [6.07, 6.45) is 0. The van der Waals surface area contributed by atoms with Crippen LogP contribution in [0.3, 0.4) is 0 Å². The third kappa shape index (κ3) is 5.32. The summed E-state index contributed by atoms with van der Waals surface area (Å²) in [5, 5.41) is 11.3. The van der Waals surface area contributed by atoms with Gasteiger partial charge >= 0.3 is 0 Å². The molecule has 1 amide bonds. The van der Waals surface area contributed by atoms with Crippen molar-refractivity contribution in [3.05, 3.63) is 89.5 Å². The smallest absolute Gasteiger partial charge is 0.251 e. The first-order valence-electron chi connectivity index (χ1n) is 11.0. The average molecular weight is 457 g/mol. The van der Waals surface area contributed by atoms with Crippen LogP contribution in [0.15, 0.2) is 77.2 Å². The van der Waals surface area contributed by atoms with Gasteiger partial charge in [0.05, 0.1) is 13.2 Å². The Morgan fingerprint density at radius 2 is 1.47 bits per heavy atom. The third-order valence-electron chi connectivity index (χ3n) is 5.70. The zero-order valence-corrected chi connectivity index (χ0v) is 19.8. The van der Waals surface area contributed by atoms with E-state index in [4.69, 9.17) is 9.15 Å². The number of carbonyl (C=O) groups excluding carboxylic acids is 1. The second kappa shape index (κ2) is 10.3. The van der Waals surface area contributed by atoms with Crippen molar-refractivity contribution in [1.82, 2.24) is 20.4 Å². The number of carbonyl (C=O) groups is 1. The lowest BCUT2D eigenvalue weighted by Gasteiger charge is -2.25. The van der Waals surface area contributed by atoms with E-state index in [0.29, 0.717) is 23.9 Å². The maximum Gasteiger partial charge on any atom is 0.251 e. The Bertz CT molecular complexity index is 1230. The molecule has 1 heterocycles. The summed E-state index contributed by atoms with van der Waals surface area (Å²) in [4.78, 5) is 14.8. The largest absolute Gasteiger partial charge is 0.497 e. The van der Waals surface area contributed by atoms with E-state index in [2.05, 4.69) is 20.4 Å². The first-order chi connectivity index (χ1) is 16.4. The molecule has 7 nitrogen and oxygen atoms in total. The van der Waals surface area contributed by atoms with Crippen molar-refractivity contribution < 1.29 is 13.9 Å². The van der Waals surface area contributed by atoms with Crippen molar-refractivity contribution in [2.75, 3.05) is 27.7 Å². The van der Waals surface area contributed by atoms with Crippen molar-refractivity contribution in [2.45, 2.75) is 13.0 Å². The monoisotopic (exact) mass is 456 g/mol. The minimum atomic E-state index is -0.141. The average Bonchev–Trinajstić information content (AvgIpc) is 3.35. The van der Waals surface area contributed by atoms with Crippen molar-refractivity contribution >= 4 is 5.91 Å². The molecular formula is C27H28N4O3. The first kappa shape index (κ1) is 23.2. The number of aromatic nitrogens is 2. The molecule has 7 heteroatoms. The molecule has 1 aromatic heterocycles. The number of nitrogens with zero attached hydrogens (tertiary/aromatic N) is 3. The molecule has 0 bridgehead atoms. The second-order valence-electron chi connectivity index (χ2n) is 8.32. The van der Waals surface area contributed by atoms with Crippen LogP contribution in [0.25, 0.3) is 22.9 Å². The van der Waals surface area contributed by atoms with Crippen molar-refractivity contribution in [1.29, 1.82) is 0 Å². The number of aryl methyl sites for hydroxylation is 1. The van der Waals surface area contributed by atoms with Gasteiger partial charge in [0.15, 0.2) is 0 Å². The van der Waals surface area contributed by atoms with Crippen LogP contribution in [0.5, 0.6) is 5.75 Å². The summed E-state index contributed by atoms with van der Waals surface area (Å²) >= 11 is 0.